The normalized spacial score (nSPS) is 12.0. The molecule has 0 saturated carbocycles. The Bertz CT molecular complexity index is 687. The lowest BCUT2D eigenvalue weighted by molar-refractivity contribution is 0.0288. The van der Waals surface area contributed by atoms with E-state index in [4.69, 9.17) is 9.15 Å². The number of benzene rings is 1. The van der Waals surface area contributed by atoms with E-state index in [9.17, 15) is 9.59 Å². The topological polar surface area (TPSA) is 56.5 Å². The van der Waals surface area contributed by atoms with Gasteiger partial charge in [0.15, 0.2) is 10.8 Å². The molecule has 5 heteroatoms. The van der Waals surface area contributed by atoms with E-state index in [0.717, 1.165) is 11.1 Å². The fourth-order valence-electron chi connectivity index (χ4n) is 1.92. The van der Waals surface area contributed by atoms with Gasteiger partial charge in [-0.2, -0.15) is 0 Å². The van der Waals surface area contributed by atoms with Crippen molar-refractivity contribution in [3.8, 4) is 0 Å². The molecule has 2 aromatic rings. The zero-order chi connectivity index (χ0) is 15.6. The quantitative estimate of drug-likeness (QED) is 0.615. The molecule has 1 aromatic heterocycles. The third-order valence-corrected chi connectivity index (χ3v) is 3.51. The molecule has 0 aliphatic rings. The first-order valence-electron chi connectivity index (χ1n) is 6.46. The van der Waals surface area contributed by atoms with E-state index in [2.05, 4.69) is 15.9 Å². The number of furan rings is 1. The number of rotatable bonds is 4. The van der Waals surface area contributed by atoms with Crippen molar-refractivity contribution < 1.29 is 18.7 Å². The first kappa shape index (κ1) is 15.5. The second-order valence-electron chi connectivity index (χ2n) is 4.83. The van der Waals surface area contributed by atoms with Gasteiger partial charge in [-0.15, -0.1) is 0 Å². The molecule has 1 atom stereocenters. The van der Waals surface area contributed by atoms with E-state index in [1.807, 2.05) is 26.0 Å². The van der Waals surface area contributed by atoms with Crippen molar-refractivity contribution in [2.45, 2.75) is 26.9 Å². The van der Waals surface area contributed by atoms with Gasteiger partial charge in [0.1, 0.15) is 0 Å². The number of carbonyl (C=O) groups is 2. The molecule has 0 radical (unpaired) electrons. The van der Waals surface area contributed by atoms with E-state index in [0.29, 0.717) is 10.2 Å². The van der Waals surface area contributed by atoms with Gasteiger partial charge in [-0.3, -0.25) is 4.79 Å². The van der Waals surface area contributed by atoms with Crippen LogP contribution in [0.25, 0.3) is 0 Å². The summed E-state index contributed by atoms with van der Waals surface area (Å²) in [4.78, 5) is 24.2. The van der Waals surface area contributed by atoms with Crippen LogP contribution >= 0.6 is 15.9 Å². The molecular weight excluding hydrogens is 336 g/mol. The average molecular weight is 351 g/mol. The summed E-state index contributed by atoms with van der Waals surface area (Å²) >= 11 is 3.11. The van der Waals surface area contributed by atoms with Crippen molar-refractivity contribution in [2.75, 3.05) is 0 Å². The number of aryl methyl sites for hydroxylation is 2. The molecular formula is C16H15BrO4. The maximum atomic E-state index is 12.4. The van der Waals surface area contributed by atoms with Crippen molar-refractivity contribution in [1.29, 1.82) is 0 Å². The molecule has 0 amide bonds. The molecule has 0 unspecified atom stereocenters. The number of ether oxygens (including phenoxy) is 1. The Labute approximate surface area is 131 Å². The Morgan fingerprint density at radius 1 is 1.19 bits per heavy atom. The summed E-state index contributed by atoms with van der Waals surface area (Å²) in [5.74, 6) is -0.829. The predicted molar refractivity (Wildman–Crippen MR) is 81.5 cm³/mol. The fourth-order valence-corrected chi connectivity index (χ4v) is 2.22. The number of esters is 1. The lowest BCUT2D eigenvalue weighted by Crippen LogP contribution is -2.25. The van der Waals surface area contributed by atoms with Crippen LogP contribution in [0, 0.1) is 13.8 Å². The summed E-state index contributed by atoms with van der Waals surface area (Å²) in [5, 5.41) is 0. The lowest BCUT2D eigenvalue weighted by atomic mass is 9.99. The van der Waals surface area contributed by atoms with Crippen LogP contribution in [0.1, 0.15) is 39.0 Å². The van der Waals surface area contributed by atoms with E-state index in [1.165, 1.54) is 6.07 Å². The Morgan fingerprint density at radius 2 is 1.90 bits per heavy atom. The van der Waals surface area contributed by atoms with E-state index < -0.39 is 12.1 Å². The number of Topliss-reactive ketones (excluding diaryl/α,β-unsaturated/α-hetero) is 1. The zero-order valence-corrected chi connectivity index (χ0v) is 13.6. The molecule has 0 spiro atoms. The minimum Gasteiger partial charge on any atom is -0.448 e. The number of hydrogen-bond donors (Lipinski definition) is 0. The molecule has 0 fully saturated rings. The molecule has 21 heavy (non-hydrogen) atoms. The second-order valence-corrected chi connectivity index (χ2v) is 5.62. The number of carbonyl (C=O) groups excluding carboxylic acids is 2. The highest BCUT2D eigenvalue weighted by Gasteiger charge is 2.23. The molecule has 110 valence electrons. The Hall–Kier alpha value is -1.88. The highest BCUT2D eigenvalue weighted by atomic mass is 79.9. The molecule has 0 aliphatic carbocycles. The van der Waals surface area contributed by atoms with E-state index in [1.54, 1.807) is 19.1 Å². The van der Waals surface area contributed by atoms with Crippen molar-refractivity contribution in [2.24, 2.45) is 0 Å². The van der Waals surface area contributed by atoms with Gasteiger partial charge in [0.25, 0.3) is 0 Å². The van der Waals surface area contributed by atoms with E-state index in [-0.39, 0.29) is 11.5 Å². The summed E-state index contributed by atoms with van der Waals surface area (Å²) in [6, 6.07) is 8.69. The van der Waals surface area contributed by atoms with Crippen LogP contribution in [0.3, 0.4) is 0 Å². The smallest absolute Gasteiger partial charge is 0.374 e. The molecule has 1 heterocycles. The van der Waals surface area contributed by atoms with Crippen molar-refractivity contribution in [1.82, 2.24) is 0 Å². The van der Waals surface area contributed by atoms with Crippen molar-refractivity contribution in [3.05, 3.63) is 57.5 Å². The van der Waals surface area contributed by atoms with Gasteiger partial charge in [0.2, 0.25) is 11.5 Å². The van der Waals surface area contributed by atoms with Crippen molar-refractivity contribution in [3.63, 3.8) is 0 Å². The van der Waals surface area contributed by atoms with Gasteiger partial charge >= 0.3 is 5.97 Å². The van der Waals surface area contributed by atoms with Crippen LogP contribution in [-0.4, -0.2) is 17.9 Å². The first-order chi connectivity index (χ1) is 9.88. The monoisotopic (exact) mass is 350 g/mol. The third-order valence-electron chi connectivity index (χ3n) is 3.09. The fraction of sp³-hybridized carbons (Fsp3) is 0.250. The predicted octanol–water partition coefficient (Wildman–Crippen LogP) is 4.09. The molecule has 1 aromatic carbocycles. The van der Waals surface area contributed by atoms with Crippen LogP contribution in [0.15, 0.2) is 39.4 Å². The number of hydrogen-bond acceptors (Lipinski definition) is 4. The Morgan fingerprint density at radius 3 is 2.52 bits per heavy atom. The van der Waals surface area contributed by atoms with Gasteiger partial charge < -0.3 is 9.15 Å². The minimum atomic E-state index is -0.873. The van der Waals surface area contributed by atoms with Crippen molar-refractivity contribution >= 4 is 27.7 Å². The molecule has 0 N–H and O–H groups in total. The van der Waals surface area contributed by atoms with Gasteiger partial charge in [0.05, 0.1) is 0 Å². The Kier molecular flexibility index (Phi) is 4.63. The zero-order valence-electron chi connectivity index (χ0n) is 12.0. The van der Waals surface area contributed by atoms with Crippen LogP contribution in [0.2, 0.25) is 0 Å². The van der Waals surface area contributed by atoms with Gasteiger partial charge in [0, 0.05) is 5.56 Å². The number of ketones is 1. The molecule has 4 nitrogen and oxygen atoms in total. The van der Waals surface area contributed by atoms with Crippen LogP contribution in [-0.2, 0) is 4.74 Å². The summed E-state index contributed by atoms with van der Waals surface area (Å²) < 4.78 is 10.7. The highest BCUT2D eigenvalue weighted by molar-refractivity contribution is 9.10. The maximum absolute atomic E-state index is 12.4. The van der Waals surface area contributed by atoms with Crippen LogP contribution in [0.5, 0.6) is 0 Å². The van der Waals surface area contributed by atoms with Crippen LogP contribution < -0.4 is 0 Å². The number of halogens is 1. The summed E-state index contributed by atoms with van der Waals surface area (Å²) in [6.07, 6.45) is -0.873. The molecule has 0 bridgehead atoms. The van der Waals surface area contributed by atoms with Crippen LogP contribution in [0.4, 0.5) is 0 Å². The SMILES string of the molecule is Cc1ccc(C)c(C(=O)[C@H](C)OC(=O)c2ccc(Br)o2)c1. The van der Waals surface area contributed by atoms with Gasteiger partial charge in [-0.1, -0.05) is 17.7 Å². The lowest BCUT2D eigenvalue weighted by Gasteiger charge is -2.13. The average Bonchev–Trinajstić information content (AvgIpc) is 2.87. The first-order valence-corrected chi connectivity index (χ1v) is 7.25. The molecule has 0 aliphatic heterocycles. The molecule has 2 rings (SSSR count). The summed E-state index contributed by atoms with van der Waals surface area (Å²) in [6.45, 7) is 5.32. The Balaban J connectivity index is 2.12. The highest BCUT2D eigenvalue weighted by Crippen LogP contribution is 2.18. The minimum absolute atomic E-state index is 0.0579. The maximum Gasteiger partial charge on any atom is 0.374 e. The second kappa shape index (κ2) is 6.26. The molecule has 0 saturated heterocycles. The summed E-state index contributed by atoms with van der Waals surface area (Å²) in [7, 11) is 0. The van der Waals surface area contributed by atoms with Gasteiger partial charge in [-0.25, -0.2) is 4.79 Å². The third kappa shape index (κ3) is 3.61. The largest absolute Gasteiger partial charge is 0.448 e. The van der Waals surface area contributed by atoms with E-state index >= 15 is 0 Å². The standard InChI is InChI=1S/C16H15BrO4/c1-9-4-5-10(2)12(8-9)15(18)11(3)20-16(19)13-6-7-14(17)21-13/h4-8,11H,1-3H3/t11-/m0/s1. The van der Waals surface area contributed by atoms with Gasteiger partial charge in [-0.05, 0) is 60.5 Å². The summed E-state index contributed by atoms with van der Waals surface area (Å²) in [5.41, 5.74) is 2.41.